The van der Waals surface area contributed by atoms with Gasteiger partial charge in [0.05, 0.1) is 33.1 Å². The zero-order valence-electron chi connectivity index (χ0n) is 27.8. The van der Waals surface area contributed by atoms with E-state index in [0.717, 1.165) is 34.5 Å². The summed E-state index contributed by atoms with van der Waals surface area (Å²) in [5.74, 6) is -0.495. The van der Waals surface area contributed by atoms with Crippen LogP contribution in [0.3, 0.4) is 0 Å². The van der Waals surface area contributed by atoms with E-state index in [9.17, 15) is 13.7 Å². The molecule has 0 radical (unpaired) electrons. The monoisotopic (exact) mass is 714 g/mol. The first-order chi connectivity index (χ1) is 22.5. The van der Waals surface area contributed by atoms with Gasteiger partial charge >= 0.3 is 6.18 Å². The van der Waals surface area contributed by atoms with Crippen LogP contribution in [0, 0.1) is 25.2 Å². The van der Waals surface area contributed by atoms with E-state index in [0.29, 0.717) is 17.7 Å². The molecule has 2 heterocycles. The molecule has 0 fully saturated rings. The highest BCUT2D eigenvalue weighted by atomic mass is 32.2. The normalized spacial score (nSPS) is 14.0. The minimum absolute atomic E-state index is 0.000115. The summed E-state index contributed by atoms with van der Waals surface area (Å²) in [7, 11) is -4.74. The highest BCUT2D eigenvalue weighted by molar-refractivity contribution is 7.98. The SMILES string of the molecule is COC(c1c(SC)cc(C)c2c1ccn2S(=O)(=O)c1ccc(C)cc1)(c1nc2cc(C#N)ccc2n1COCC[Si](C)(C)C)C(F)(F)F. The van der Waals surface area contributed by atoms with Crippen molar-refractivity contribution in [2.24, 2.45) is 0 Å². The van der Waals surface area contributed by atoms with Gasteiger partial charge in [-0.3, -0.25) is 0 Å². The zero-order valence-corrected chi connectivity index (χ0v) is 30.4. The lowest BCUT2D eigenvalue weighted by atomic mass is 9.87. The van der Waals surface area contributed by atoms with E-state index in [1.807, 2.05) is 13.0 Å². The zero-order chi connectivity index (χ0) is 35.2. The molecule has 0 aliphatic carbocycles. The van der Waals surface area contributed by atoms with Crippen molar-refractivity contribution in [3.05, 3.63) is 88.9 Å². The summed E-state index contributed by atoms with van der Waals surface area (Å²) in [5, 5.41) is 9.59. The molecule has 0 aliphatic heterocycles. The van der Waals surface area contributed by atoms with Crippen molar-refractivity contribution in [1.82, 2.24) is 13.5 Å². The Balaban J connectivity index is 1.85. The molecule has 0 N–H and O–H groups in total. The van der Waals surface area contributed by atoms with E-state index in [2.05, 4.69) is 24.6 Å². The average Bonchev–Trinajstić information content (AvgIpc) is 3.63. The number of rotatable bonds is 11. The third-order valence-electron chi connectivity index (χ3n) is 8.35. The lowest BCUT2D eigenvalue weighted by molar-refractivity contribution is -0.262. The summed E-state index contributed by atoms with van der Waals surface area (Å²) in [5.41, 5.74) is -1.32. The Bertz CT molecular complexity index is 2150. The molecular formula is C34H37F3N4O4S2Si. The van der Waals surface area contributed by atoms with Crippen LogP contribution in [0.4, 0.5) is 13.2 Å². The number of thioether (sulfide) groups is 1. The largest absolute Gasteiger partial charge is 0.429 e. The maximum absolute atomic E-state index is 16.0. The third kappa shape index (κ3) is 6.18. The van der Waals surface area contributed by atoms with Crippen molar-refractivity contribution in [2.45, 2.75) is 67.8 Å². The number of aromatic nitrogens is 3. The van der Waals surface area contributed by atoms with Crippen molar-refractivity contribution < 1.29 is 31.1 Å². The second kappa shape index (κ2) is 13.0. The van der Waals surface area contributed by atoms with Gasteiger partial charge in [0.2, 0.25) is 5.60 Å². The molecule has 0 aliphatic rings. The van der Waals surface area contributed by atoms with E-state index in [1.165, 1.54) is 41.1 Å². The van der Waals surface area contributed by atoms with Crippen molar-refractivity contribution >= 4 is 51.8 Å². The van der Waals surface area contributed by atoms with Crippen molar-refractivity contribution in [2.75, 3.05) is 20.0 Å². The van der Waals surface area contributed by atoms with E-state index in [4.69, 9.17) is 9.47 Å². The molecular weight excluding hydrogens is 678 g/mol. The van der Waals surface area contributed by atoms with Crippen LogP contribution in [0.1, 0.15) is 28.1 Å². The van der Waals surface area contributed by atoms with E-state index >= 15 is 13.2 Å². The summed E-state index contributed by atoms with van der Waals surface area (Å²) in [4.78, 5) is 4.75. The molecule has 14 heteroatoms. The van der Waals surface area contributed by atoms with Crippen LogP contribution in [-0.2, 0) is 31.8 Å². The molecule has 1 atom stereocenters. The topological polar surface area (TPSA) is 99.1 Å². The van der Waals surface area contributed by atoms with Crippen LogP contribution in [0.15, 0.2) is 70.6 Å². The number of nitrogens with zero attached hydrogens (tertiary/aromatic N) is 4. The predicted molar refractivity (Wildman–Crippen MR) is 185 cm³/mol. The van der Waals surface area contributed by atoms with E-state index in [1.54, 1.807) is 37.4 Å². The molecule has 48 heavy (non-hydrogen) atoms. The minimum atomic E-state index is -5.10. The second-order valence-electron chi connectivity index (χ2n) is 12.9. The van der Waals surface area contributed by atoms with Gasteiger partial charge in [-0.15, -0.1) is 11.8 Å². The number of imidazole rings is 1. The predicted octanol–water partition coefficient (Wildman–Crippen LogP) is 8.20. The van der Waals surface area contributed by atoms with E-state index in [-0.39, 0.29) is 44.1 Å². The Hall–Kier alpha value is -3.61. The molecule has 0 saturated carbocycles. The third-order valence-corrected chi connectivity index (χ3v) is 12.5. The van der Waals surface area contributed by atoms with Gasteiger partial charge in [-0.2, -0.15) is 18.4 Å². The smallest absolute Gasteiger partial charge is 0.361 e. The molecule has 5 aromatic rings. The number of hydrogen-bond donors (Lipinski definition) is 0. The van der Waals surface area contributed by atoms with Gasteiger partial charge < -0.3 is 14.0 Å². The van der Waals surface area contributed by atoms with Crippen molar-refractivity contribution in [3.63, 3.8) is 0 Å². The number of halogens is 3. The van der Waals surface area contributed by atoms with Crippen LogP contribution in [0.25, 0.3) is 21.9 Å². The molecule has 254 valence electrons. The van der Waals surface area contributed by atoms with Gasteiger partial charge in [0.1, 0.15) is 6.73 Å². The lowest BCUT2D eigenvalue weighted by Crippen LogP contribution is -2.48. The molecule has 1 unspecified atom stereocenters. The number of hydrogen-bond acceptors (Lipinski definition) is 7. The number of fused-ring (bicyclic) bond motifs is 2. The van der Waals surface area contributed by atoms with Crippen LogP contribution in [0.5, 0.6) is 0 Å². The van der Waals surface area contributed by atoms with Crippen LogP contribution in [-0.4, -0.2) is 56.2 Å². The van der Waals surface area contributed by atoms with Gasteiger partial charge in [-0.05, 0) is 74.2 Å². The molecule has 0 amide bonds. The number of alkyl halides is 3. The molecule has 0 spiro atoms. The maximum Gasteiger partial charge on any atom is 0.429 e. The van der Waals surface area contributed by atoms with E-state index < -0.39 is 35.7 Å². The summed E-state index contributed by atoms with van der Waals surface area (Å²) in [6.07, 6.45) is -2.16. The Morgan fingerprint density at radius 1 is 1.04 bits per heavy atom. The van der Waals surface area contributed by atoms with Gasteiger partial charge in [-0.25, -0.2) is 17.4 Å². The minimum Gasteiger partial charge on any atom is -0.361 e. The summed E-state index contributed by atoms with van der Waals surface area (Å²) >= 11 is 1.09. The Labute approximate surface area is 283 Å². The quantitative estimate of drug-likeness (QED) is 0.0773. The maximum atomic E-state index is 16.0. The Morgan fingerprint density at radius 3 is 2.31 bits per heavy atom. The molecule has 0 bridgehead atoms. The molecule has 2 aromatic heterocycles. The van der Waals surface area contributed by atoms with Crippen LogP contribution in [0.2, 0.25) is 25.7 Å². The van der Waals surface area contributed by atoms with Gasteiger partial charge in [0, 0.05) is 43.8 Å². The summed E-state index contributed by atoms with van der Waals surface area (Å²) < 4.78 is 90.0. The van der Waals surface area contributed by atoms with Crippen molar-refractivity contribution in [3.8, 4) is 6.07 Å². The van der Waals surface area contributed by atoms with Gasteiger partial charge in [0.15, 0.2) is 5.82 Å². The molecule has 3 aromatic carbocycles. The summed E-state index contributed by atoms with van der Waals surface area (Å²) in [6, 6.07) is 16.5. The number of ether oxygens (including phenoxy) is 2. The van der Waals surface area contributed by atoms with Gasteiger partial charge in [-0.1, -0.05) is 37.3 Å². The van der Waals surface area contributed by atoms with Crippen molar-refractivity contribution in [1.29, 1.82) is 5.26 Å². The fraction of sp³-hybridized carbons (Fsp3) is 0.353. The molecule has 5 rings (SSSR count). The molecule has 8 nitrogen and oxygen atoms in total. The number of methoxy groups -OCH3 is 1. The number of benzene rings is 3. The number of aryl methyl sites for hydroxylation is 2. The average molecular weight is 715 g/mol. The standard InChI is InChI=1S/C34H37F3N4O4S2Si/c1-22-8-11-25(12-9-22)47(42,43)41-15-14-26-30(29(46-4)18-23(2)31(26)41)33(44-3,34(35,36)37)32-39-27-19-24(20-38)10-13-28(27)40(32)21-45-16-17-48(5,6)7/h8-15,18-19H,16-17,21H2,1-7H3. The Morgan fingerprint density at radius 2 is 1.73 bits per heavy atom. The fourth-order valence-corrected chi connectivity index (χ4v) is 8.76. The first-order valence-electron chi connectivity index (χ1n) is 15.1. The number of nitriles is 1. The lowest BCUT2D eigenvalue weighted by Gasteiger charge is -2.36. The van der Waals surface area contributed by atoms with Crippen LogP contribution < -0.4 is 0 Å². The fourth-order valence-electron chi connectivity index (χ4n) is 5.84. The highest BCUT2D eigenvalue weighted by Gasteiger charge is 2.63. The first-order valence-corrected chi connectivity index (χ1v) is 21.5. The van der Waals surface area contributed by atoms with Gasteiger partial charge in [0.25, 0.3) is 10.0 Å². The highest BCUT2D eigenvalue weighted by Crippen LogP contribution is 2.52. The van der Waals surface area contributed by atoms with Crippen LogP contribution >= 0.6 is 11.8 Å². The molecule has 0 saturated heterocycles. The Kier molecular flexibility index (Phi) is 9.68. The first kappa shape index (κ1) is 35.7. The summed E-state index contributed by atoms with van der Waals surface area (Å²) in [6.45, 7) is 10.1. The second-order valence-corrected chi connectivity index (χ2v) is 21.2.